The molecule has 3 rings (SSSR count). The number of rotatable bonds is 8. The van der Waals surface area contributed by atoms with E-state index in [0.717, 1.165) is 11.3 Å². The molecule has 0 aliphatic carbocycles. The second-order valence-corrected chi connectivity index (χ2v) is 6.32. The molecule has 154 valence electrons. The fourth-order valence-corrected chi connectivity index (χ4v) is 2.73. The molecule has 1 amide bonds. The normalized spacial score (nSPS) is 10.7. The van der Waals surface area contributed by atoms with Gasteiger partial charge in [0.15, 0.2) is 11.5 Å². The van der Waals surface area contributed by atoms with E-state index in [4.69, 9.17) is 9.47 Å². The second-order valence-electron chi connectivity index (χ2n) is 6.32. The van der Waals surface area contributed by atoms with Crippen molar-refractivity contribution in [2.45, 2.75) is 6.61 Å². The molecule has 2 N–H and O–H groups in total. The third-order valence-corrected chi connectivity index (χ3v) is 4.33. The van der Waals surface area contributed by atoms with Gasteiger partial charge in [-0.2, -0.15) is 5.10 Å². The number of aromatic carboxylic acids is 1. The van der Waals surface area contributed by atoms with E-state index in [0.29, 0.717) is 18.1 Å². The number of anilines is 1. The van der Waals surface area contributed by atoms with Gasteiger partial charge in [-0.05, 0) is 42.0 Å². The molecule has 0 aliphatic heterocycles. The standard InChI is InChI=1S/C22H21N3O5/c1-25-16(11-12-23-25)14-30-19-9-7-15(13-20(19)29-2)8-10-21(26)24-18-6-4-3-5-17(18)22(27)28/h3-13H,14H2,1-2H3,(H,24,26)(H,27,28). The summed E-state index contributed by atoms with van der Waals surface area (Å²) in [5.41, 5.74) is 1.90. The van der Waals surface area contributed by atoms with Crippen LogP contribution < -0.4 is 14.8 Å². The van der Waals surface area contributed by atoms with Gasteiger partial charge in [0, 0.05) is 19.3 Å². The topological polar surface area (TPSA) is 103 Å². The van der Waals surface area contributed by atoms with Crippen molar-refractivity contribution in [1.29, 1.82) is 0 Å². The number of carboxylic acids is 1. The SMILES string of the molecule is COc1cc(C=CC(=O)Nc2ccccc2C(=O)O)ccc1OCc1ccnn1C. The largest absolute Gasteiger partial charge is 0.493 e. The van der Waals surface area contributed by atoms with Crippen LogP contribution in [-0.2, 0) is 18.4 Å². The van der Waals surface area contributed by atoms with E-state index in [9.17, 15) is 14.7 Å². The first-order valence-corrected chi connectivity index (χ1v) is 9.07. The summed E-state index contributed by atoms with van der Waals surface area (Å²) in [5.74, 6) is -0.466. The van der Waals surface area contributed by atoms with Crippen LogP contribution in [0.15, 0.2) is 60.8 Å². The predicted octanol–water partition coefficient (Wildman–Crippen LogP) is 3.36. The van der Waals surface area contributed by atoms with E-state index < -0.39 is 11.9 Å². The summed E-state index contributed by atoms with van der Waals surface area (Å²) in [6, 6.07) is 13.4. The lowest BCUT2D eigenvalue weighted by Gasteiger charge is -2.11. The lowest BCUT2D eigenvalue weighted by Crippen LogP contribution is -2.11. The first-order valence-electron chi connectivity index (χ1n) is 9.07. The molecular formula is C22H21N3O5. The number of carboxylic acid groups (broad SMARTS) is 1. The molecule has 30 heavy (non-hydrogen) atoms. The average Bonchev–Trinajstić information content (AvgIpc) is 3.16. The van der Waals surface area contributed by atoms with Crippen LogP contribution in [0.5, 0.6) is 11.5 Å². The maximum absolute atomic E-state index is 12.2. The van der Waals surface area contributed by atoms with E-state index in [-0.39, 0.29) is 11.3 Å². The average molecular weight is 407 g/mol. The minimum atomic E-state index is -1.11. The number of nitrogens with one attached hydrogen (secondary N) is 1. The Hall–Kier alpha value is -4.07. The summed E-state index contributed by atoms with van der Waals surface area (Å²) in [6.07, 6.45) is 4.62. The van der Waals surface area contributed by atoms with Gasteiger partial charge in [0.25, 0.3) is 0 Å². The minimum absolute atomic E-state index is 0.0239. The van der Waals surface area contributed by atoms with Gasteiger partial charge in [-0.15, -0.1) is 0 Å². The Kier molecular flexibility index (Phi) is 6.49. The number of nitrogens with zero attached hydrogens (tertiary/aromatic N) is 2. The number of amides is 1. The molecule has 0 atom stereocenters. The van der Waals surface area contributed by atoms with E-state index >= 15 is 0 Å². The summed E-state index contributed by atoms with van der Waals surface area (Å²) in [7, 11) is 3.37. The van der Waals surface area contributed by atoms with Gasteiger partial charge >= 0.3 is 5.97 Å². The van der Waals surface area contributed by atoms with Crippen molar-refractivity contribution >= 4 is 23.6 Å². The minimum Gasteiger partial charge on any atom is -0.493 e. The lowest BCUT2D eigenvalue weighted by molar-refractivity contribution is -0.111. The molecule has 1 heterocycles. The molecule has 0 spiro atoms. The monoisotopic (exact) mass is 407 g/mol. The number of para-hydroxylation sites is 1. The third kappa shape index (κ3) is 5.05. The zero-order chi connectivity index (χ0) is 21.5. The number of carbonyl (C=O) groups excluding carboxylic acids is 1. The quantitative estimate of drug-likeness (QED) is 0.555. The van der Waals surface area contributed by atoms with Crippen molar-refractivity contribution < 1.29 is 24.2 Å². The molecule has 0 bridgehead atoms. The number of aryl methyl sites for hydroxylation is 1. The van der Waals surface area contributed by atoms with Crippen LogP contribution in [0.1, 0.15) is 21.6 Å². The third-order valence-electron chi connectivity index (χ3n) is 4.33. The first-order chi connectivity index (χ1) is 14.5. The number of ether oxygens (including phenoxy) is 2. The Morgan fingerprint density at radius 2 is 1.97 bits per heavy atom. The highest BCUT2D eigenvalue weighted by molar-refractivity contribution is 6.06. The van der Waals surface area contributed by atoms with Crippen molar-refractivity contribution in [2.24, 2.45) is 7.05 Å². The number of methoxy groups -OCH3 is 1. The van der Waals surface area contributed by atoms with E-state index in [1.807, 2.05) is 13.1 Å². The van der Waals surface area contributed by atoms with Crippen molar-refractivity contribution in [2.75, 3.05) is 12.4 Å². The number of carbonyl (C=O) groups is 2. The van der Waals surface area contributed by atoms with Gasteiger partial charge in [-0.3, -0.25) is 9.48 Å². The van der Waals surface area contributed by atoms with E-state index in [2.05, 4.69) is 10.4 Å². The molecule has 2 aromatic carbocycles. The van der Waals surface area contributed by atoms with E-state index in [1.54, 1.807) is 47.3 Å². The van der Waals surface area contributed by atoms with Crippen LogP contribution in [0.4, 0.5) is 5.69 Å². The summed E-state index contributed by atoms with van der Waals surface area (Å²) in [6.45, 7) is 0.341. The van der Waals surface area contributed by atoms with Gasteiger partial charge < -0.3 is 19.9 Å². The number of benzene rings is 2. The molecule has 3 aromatic rings. The van der Waals surface area contributed by atoms with E-state index in [1.165, 1.54) is 25.3 Å². The molecule has 0 radical (unpaired) electrons. The van der Waals surface area contributed by atoms with Crippen molar-refractivity contribution in [1.82, 2.24) is 9.78 Å². The molecule has 1 aromatic heterocycles. The van der Waals surface area contributed by atoms with Crippen LogP contribution in [-0.4, -0.2) is 33.9 Å². The Labute approximate surface area is 173 Å². The zero-order valence-electron chi connectivity index (χ0n) is 16.5. The van der Waals surface area contributed by atoms with Gasteiger partial charge in [-0.25, -0.2) is 4.79 Å². The van der Waals surface area contributed by atoms with Gasteiger partial charge in [0.05, 0.1) is 24.1 Å². The number of hydrogen-bond donors (Lipinski definition) is 2. The smallest absolute Gasteiger partial charge is 0.337 e. The van der Waals surface area contributed by atoms with Crippen LogP contribution in [0.25, 0.3) is 6.08 Å². The maximum Gasteiger partial charge on any atom is 0.337 e. The fourth-order valence-electron chi connectivity index (χ4n) is 2.73. The summed E-state index contributed by atoms with van der Waals surface area (Å²) in [5, 5.41) is 15.9. The zero-order valence-corrected chi connectivity index (χ0v) is 16.5. The van der Waals surface area contributed by atoms with Gasteiger partial charge in [0.2, 0.25) is 5.91 Å². The Morgan fingerprint density at radius 1 is 1.17 bits per heavy atom. The molecule has 8 heteroatoms. The van der Waals surface area contributed by atoms with Crippen LogP contribution >= 0.6 is 0 Å². The summed E-state index contributed by atoms with van der Waals surface area (Å²) < 4.78 is 12.9. The Bertz CT molecular complexity index is 1090. The van der Waals surface area contributed by atoms with Gasteiger partial charge in [0.1, 0.15) is 6.61 Å². The summed E-state index contributed by atoms with van der Waals surface area (Å²) >= 11 is 0. The lowest BCUT2D eigenvalue weighted by atomic mass is 10.1. The van der Waals surface area contributed by atoms with Crippen molar-refractivity contribution in [3.8, 4) is 11.5 Å². The Morgan fingerprint density at radius 3 is 2.67 bits per heavy atom. The van der Waals surface area contributed by atoms with Gasteiger partial charge in [-0.1, -0.05) is 18.2 Å². The van der Waals surface area contributed by atoms with Crippen molar-refractivity contribution in [3.63, 3.8) is 0 Å². The highest BCUT2D eigenvalue weighted by atomic mass is 16.5. The second kappa shape index (κ2) is 9.42. The first kappa shape index (κ1) is 20.7. The molecule has 0 aliphatic rings. The highest BCUT2D eigenvalue weighted by Gasteiger charge is 2.11. The summed E-state index contributed by atoms with van der Waals surface area (Å²) in [4.78, 5) is 23.4. The molecule has 0 unspecified atom stereocenters. The predicted molar refractivity (Wildman–Crippen MR) is 112 cm³/mol. The number of hydrogen-bond acceptors (Lipinski definition) is 5. The fraction of sp³-hybridized carbons (Fsp3) is 0.136. The molecule has 0 fully saturated rings. The van der Waals surface area contributed by atoms with Crippen LogP contribution in [0, 0.1) is 0 Å². The van der Waals surface area contributed by atoms with Crippen LogP contribution in [0.2, 0.25) is 0 Å². The highest BCUT2D eigenvalue weighted by Crippen LogP contribution is 2.29. The Balaban J connectivity index is 1.67. The van der Waals surface area contributed by atoms with Crippen LogP contribution in [0.3, 0.4) is 0 Å². The molecular weight excluding hydrogens is 386 g/mol. The maximum atomic E-state index is 12.2. The molecule has 0 saturated carbocycles. The number of aromatic nitrogens is 2. The molecule has 0 saturated heterocycles. The van der Waals surface area contributed by atoms with Crippen molar-refractivity contribution in [3.05, 3.63) is 77.6 Å². The molecule has 8 nitrogen and oxygen atoms in total.